The molecule has 19 heavy (non-hydrogen) atoms. The maximum absolute atomic E-state index is 3.66. The van der Waals surface area contributed by atoms with Gasteiger partial charge in [0.2, 0.25) is 0 Å². The third-order valence-corrected chi connectivity index (χ3v) is 4.00. The zero-order valence-corrected chi connectivity index (χ0v) is 12.7. The maximum Gasteiger partial charge on any atom is 0.0585 e. The Kier molecular flexibility index (Phi) is 5.62. The Labute approximate surface area is 120 Å². The van der Waals surface area contributed by atoms with Crippen molar-refractivity contribution in [1.29, 1.82) is 0 Å². The molecule has 2 rings (SSSR count). The van der Waals surface area contributed by atoms with Crippen LogP contribution in [-0.2, 0) is 6.42 Å². The van der Waals surface area contributed by atoms with Crippen molar-refractivity contribution in [1.82, 2.24) is 5.32 Å². The molecular formula is C17H23NS. The number of benzene rings is 1. The number of rotatable bonds is 7. The van der Waals surface area contributed by atoms with E-state index in [4.69, 9.17) is 0 Å². The number of thiophene rings is 1. The van der Waals surface area contributed by atoms with Gasteiger partial charge in [-0.3, -0.25) is 0 Å². The predicted octanol–water partition coefficient (Wildman–Crippen LogP) is 4.79. The highest BCUT2D eigenvalue weighted by Gasteiger charge is 2.13. The smallest absolute Gasteiger partial charge is 0.0585 e. The van der Waals surface area contributed by atoms with E-state index in [2.05, 4.69) is 60.3 Å². The average Bonchev–Trinajstić information content (AvgIpc) is 2.94. The van der Waals surface area contributed by atoms with E-state index in [0.29, 0.717) is 6.04 Å². The standard InChI is InChI=1S/C17H23NS/c1-3-6-14-7-5-8-15(12-14)17(18-10-4-2)16-9-11-19-13-16/h5,7-9,11-13,17-18H,3-4,6,10H2,1-2H3. The van der Waals surface area contributed by atoms with Crippen LogP contribution in [0.25, 0.3) is 0 Å². The lowest BCUT2D eigenvalue weighted by molar-refractivity contribution is 0.599. The van der Waals surface area contributed by atoms with E-state index in [9.17, 15) is 0 Å². The highest BCUT2D eigenvalue weighted by molar-refractivity contribution is 7.08. The molecule has 1 N–H and O–H groups in total. The van der Waals surface area contributed by atoms with E-state index in [0.717, 1.165) is 19.4 Å². The predicted molar refractivity (Wildman–Crippen MR) is 84.9 cm³/mol. The van der Waals surface area contributed by atoms with Crippen LogP contribution in [0.2, 0.25) is 0 Å². The summed E-state index contributed by atoms with van der Waals surface area (Å²) in [7, 11) is 0. The molecule has 1 unspecified atom stereocenters. The van der Waals surface area contributed by atoms with Gasteiger partial charge in [0, 0.05) is 0 Å². The topological polar surface area (TPSA) is 12.0 Å². The molecule has 2 aromatic rings. The monoisotopic (exact) mass is 273 g/mol. The summed E-state index contributed by atoms with van der Waals surface area (Å²) in [5, 5.41) is 8.07. The molecular weight excluding hydrogens is 250 g/mol. The first kappa shape index (κ1) is 14.3. The van der Waals surface area contributed by atoms with E-state index in [-0.39, 0.29) is 0 Å². The van der Waals surface area contributed by atoms with Gasteiger partial charge in [0.15, 0.2) is 0 Å². The number of nitrogens with one attached hydrogen (secondary N) is 1. The van der Waals surface area contributed by atoms with Crippen LogP contribution in [0, 0.1) is 0 Å². The number of hydrogen-bond acceptors (Lipinski definition) is 2. The van der Waals surface area contributed by atoms with Crippen molar-refractivity contribution in [3.05, 3.63) is 57.8 Å². The fourth-order valence-corrected chi connectivity index (χ4v) is 3.06. The van der Waals surface area contributed by atoms with Gasteiger partial charge in [0.05, 0.1) is 6.04 Å². The minimum atomic E-state index is 0.336. The largest absolute Gasteiger partial charge is 0.306 e. The van der Waals surface area contributed by atoms with Gasteiger partial charge in [0.25, 0.3) is 0 Å². The minimum absolute atomic E-state index is 0.336. The summed E-state index contributed by atoms with van der Waals surface area (Å²) in [4.78, 5) is 0. The highest BCUT2D eigenvalue weighted by atomic mass is 32.1. The van der Waals surface area contributed by atoms with Gasteiger partial charge < -0.3 is 5.32 Å². The lowest BCUT2D eigenvalue weighted by atomic mass is 9.98. The average molecular weight is 273 g/mol. The molecule has 1 atom stereocenters. The van der Waals surface area contributed by atoms with Gasteiger partial charge in [-0.2, -0.15) is 11.3 Å². The van der Waals surface area contributed by atoms with Crippen LogP contribution < -0.4 is 5.32 Å². The summed E-state index contributed by atoms with van der Waals surface area (Å²) in [6, 6.07) is 11.6. The normalized spacial score (nSPS) is 12.5. The van der Waals surface area contributed by atoms with Crippen molar-refractivity contribution >= 4 is 11.3 Å². The molecule has 1 nitrogen and oxygen atoms in total. The van der Waals surface area contributed by atoms with E-state index >= 15 is 0 Å². The molecule has 0 bridgehead atoms. The molecule has 102 valence electrons. The Morgan fingerprint density at radius 1 is 1.11 bits per heavy atom. The van der Waals surface area contributed by atoms with Crippen LogP contribution in [0.3, 0.4) is 0 Å². The van der Waals surface area contributed by atoms with Crippen LogP contribution >= 0.6 is 11.3 Å². The molecule has 0 aliphatic heterocycles. The molecule has 1 aromatic carbocycles. The molecule has 0 saturated carbocycles. The van der Waals surface area contributed by atoms with Crippen molar-refractivity contribution in [2.45, 2.75) is 39.2 Å². The van der Waals surface area contributed by atoms with Crippen LogP contribution in [-0.4, -0.2) is 6.54 Å². The fourth-order valence-electron chi connectivity index (χ4n) is 2.37. The third-order valence-electron chi connectivity index (χ3n) is 3.30. The third kappa shape index (κ3) is 3.92. The van der Waals surface area contributed by atoms with Crippen LogP contribution in [0.5, 0.6) is 0 Å². The van der Waals surface area contributed by atoms with Crippen molar-refractivity contribution < 1.29 is 0 Å². The summed E-state index contributed by atoms with van der Waals surface area (Å²) in [6.45, 7) is 5.50. The van der Waals surface area contributed by atoms with E-state index < -0.39 is 0 Å². The second-order valence-electron chi connectivity index (χ2n) is 4.94. The van der Waals surface area contributed by atoms with E-state index in [1.165, 1.54) is 23.1 Å². The van der Waals surface area contributed by atoms with Crippen molar-refractivity contribution in [2.24, 2.45) is 0 Å². The first-order valence-electron chi connectivity index (χ1n) is 7.19. The highest BCUT2D eigenvalue weighted by Crippen LogP contribution is 2.25. The van der Waals surface area contributed by atoms with Crippen molar-refractivity contribution in [3.8, 4) is 0 Å². The SMILES string of the molecule is CCCNC(c1ccsc1)c1cccc(CCC)c1. The molecule has 1 aromatic heterocycles. The quantitative estimate of drug-likeness (QED) is 0.765. The Morgan fingerprint density at radius 3 is 2.68 bits per heavy atom. The maximum atomic E-state index is 3.66. The lowest BCUT2D eigenvalue weighted by Gasteiger charge is -2.19. The van der Waals surface area contributed by atoms with Gasteiger partial charge >= 0.3 is 0 Å². The van der Waals surface area contributed by atoms with Gasteiger partial charge in [-0.05, 0) is 52.9 Å². The Morgan fingerprint density at radius 2 is 2.00 bits per heavy atom. The summed E-state index contributed by atoms with van der Waals surface area (Å²) < 4.78 is 0. The van der Waals surface area contributed by atoms with E-state index in [1.807, 2.05) is 0 Å². The fraction of sp³-hybridized carbons (Fsp3) is 0.412. The van der Waals surface area contributed by atoms with Crippen molar-refractivity contribution in [3.63, 3.8) is 0 Å². The Bertz CT molecular complexity index is 476. The molecule has 0 fully saturated rings. The number of aryl methyl sites for hydroxylation is 1. The second kappa shape index (κ2) is 7.46. The molecule has 0 aliphatic carbocycles. The molecule has 0 aliphatic rings. The second-order valence-corrected chi connectivity index (χ2v) is 5.72. The summed E-state index contributed by atoms with van der Waals surface area (Å²) in [5.74, 6) is 0. The van der Waals surface area contributed by atoms with Gasteiger partial charge in [0.1, 0.15) is 0 Å². The first-order valence-corrected chi connectivity index (χ1v) is 8.13. The molecule has 0 amide bonds. The first-order chi connectivity index (χ1) is 9.35. The van der Waals surface area contributed by atoms with Crippen molar-refractivity contribution in [2.75, 3.05) is 6.54 Å². The zero-order chi connectivity index (χ0) is 13.5. The van der Waals surface area contributed by atoms with E-state index in [1.54, 1.807) is 11.3 Å². The van der Waals surface area contributed by atoms with Gasteiger partial charge in [-0.15, -0.1) is 0 Å². The minimum Gasteiger partial charge on any atom is -0.306 e. The molecule has 2 heteroatoms. The molecule has 0 spiro atoms. The summed E-state index contributed by atoms with van der Waals surface area (Å²) in [5.41, 5.74) is 4.21. The summed E-state index contributed by atoms with van der Waals surface area (Å²) in [6.07, 6.45) is 3.53. The Hall–Kier alpha value is -1.12. The molecule has 0 radical (unpaired) electrons. The van der Waals surface area contributed by atoms with Crippen LogP contribution in [0.4, 0.5) is 0 Å². The van der Waals surface area contributed by atoms with Gasteiger partial charge in [-0.1, -0.05) is 44.5 Å². The lowest BCUT2D eigenvalue weighted by Crippen LogP contribution is -2.22. The molecule has 0 saturated heterocycles. The molecule has 1 heterocycles. The van der Waals surface area contributed by atoms with Crippen LogP contribution in [0.15, 0.2) is 41.1 Å². The van der Waals surface area contributed by atoms with Crippen LogP contribution in [0.1, 0.15) is 49.4 Å². The Balaban J connectivity index is 2.24. The number of hydrogen-bond donors (Lipinski definition) is 1. The zero-order valence-electron chi connectivity index (χ0n) is 11.9. The van der Waals surface area contributed by atoms with Gasteiger partial charge in [-0.25, -0.2) is 0 Å². The summed E-state index contributed by atoms with van der Waals surface area (Å²) >= 11 is 1.77.